The fourth-order valence-electron chi connectivity index (χ4n) is 1.31. The standard InChI is InChI=1S/C10H14BrNO/c1-6-3-8(9(13)5-12)4-7(2)10(6)11/h3-4,9,13H,5,12H2,1-2H3/t9-/m0/s1. The largest absolute Gasteiger partial charge is 0.387 e. The van der Waals surface area contributed by atoms with E-state index in [0.717, 1.165) is 21.2 Å². The smallest absolute Gasteiger partial charge is 0.0912 e. The Bertz CT molecular complexity index is 289. The number of aliphatic hydroxyl groups is 1. The highest BCUT2D eigenvalue weighted by Crippen LogP contribution is 2.25. The van der Waals surface area contributed by atoms with Gasteiger partial charge in [0.15, 0.2) is 0 Å². The lowest BCUT2D eigenvalue weighted by Crippen LogP contribution is -2.11. The Morgan fingerprint density at radius 3 is 2.23 bits per heavy atom. The van der Waals surface area contributed by atoms with Crippen molar-refractivity contribution in [2.75, 3.05) is 6.54 Å². The molecule has 0 saturated heterocycles. The van der Waals surface area contributed by atoms with E-state index in [1.165, 1.54) is 0 Å². The average molecular weight is 244 g/mol. The van der Waals surface area contributed by atoms with E-state index >= 15 is 0 Å². The summed E-state index contributed by atoms with van der Waals surface area (Å²) in [6.07, 6.45) is -0.550. The molecule has 0 spiro atoms. The Balaban J connectivity index is 3.13. The summed E-state index contributed by atoms with van der Waals surface area (Å²) in [4.78, 5) is 0. The van der Waals surface area contributed by atoms with Crippen molar-refractivity contribution in [1.29, 1.82) is 0 Å². The van der Waals surface area contributed by atoms with Gasteiger partial charge in [0.1, 0.15) is 0 Å². The third kappa shape index (κ3) is 2.30. The minimum absolute atomic E-state index is 0.264. The second kappa shape index (κ2) is 4.22. The first-order valence-corrected chi connectivity index (χ1v) is 5.00. The van der Waals surface area contributed by atoms with Gasteiger partial charge in [-0.3, -0.25) is 0 Å². The van der Waals surface area contributed by atoms with Crippen molar-refractivity contribution in [1.82, 2.24) is 0 Å². The van der Waals surface area contributed by atoms with Crippen LogP contribution in [0, 0.1) is 13.8 Å². The van der Waals surface area contributed by atoms with Gasteiger partial charge in [0, 0.05) is 11.0 Å². The third-order valence-corrected chi connectivity index (χ3v) is 3.32. The van der Waals surface area contributed by atoms with Gasteiger partial charge >= 0.3 is 0 Å². The van der Waals surface area contributed by atoms with Crippen LogP contribution in [-0.2, 0) is 0 Å². The number of rotatable bonds is 2. The Labute approximate surface area is 86.9 Å². The van der Waals surface area contributed by atoms with E-state index in [9.17, 15) is 5.11 Å². The van der Waals surface area contributed by atoms with Gasteiger partial charge < -0.3 is 10.8 Å². The molecule has 0 heterocycles. The zero-order valence-electron chi connectivity index (χ0n) is 7.84. The summed E-state index contributed by atoms with van der Waals surface area (Å²) in [5, 5.41) is 9.53. The van der Waals surface area contributed by atoms with E-state index in [2.05, 4.69) is 15.9 Å². The number of hydrogen-bond acceptors (Lipinski definition) is 2. The quantitative estimate of drug-likeness (QED) is 0.836. The maximum Gasteiger partial charge on any atom is 0.0912 e. The van der Waals surface area contributed by atoms with Crippen LogP contribution in [0.15, 0.2) is 16.6 Å². The third-order valence-electron chi connectivity index (χ3n) is 2.07. The molecule has 0 aliphatic rings. The molecule has 13 heavy (non-hydrogen) atoms. The molecular formula is C10H14BrNO. The minimum Gasteiger partial charge on any atom is -0.387 e. The minimum atomic E-state index is -0.550. The van der Waals surface area contributed by atoms with Crippen molar-refractivity contribution in [3.8, 4) is 0 Å². The summed E-state index contributed by atoms with van der Waals surface area (Å²) in [6.45, 7) is 4.27. The van der Waals surface area contributed by atoms with Crippen molar-refractivity contribution in [2.24, 2.45) is 5.73 Å². The van der Waals surface area contributed by atoms with Crippen LogP contribution in [0.2, 0.25) is 0 Å². The summed E-state index contributed by atoms with van der Waals surface area (Å²) in [5.74, 6) is 0. The predicted molar refractivity (Wildman–Crippen MR) is 57.6 cm³/mol. The van der Waals surface area contributed by atoms with Crippen LogP contribution in [-0.4, -0.2) is 11.7 Å². The van der Waals surface area contributed by atoms with Crippen molar-refractivity contribution in [3.63, 3.8) is 0 Å². The number of aliphatic hydroxyl groups excluding tert-OH is 1. The molecule has 0 fully saturated rings. The molecule has 0 aliphatic heterocycles. The molecule has 0 radical (unpaired) electrons. The molecule has 0 saturated carbocycles. The van der Waals surface area contributed by atoms with Crippen LogP contribution in [0.25, 0.3) is 0 Å². The fraction of sp³-hybridized carbons (Fsp3) is 0.400. The molecule has 1 rings (SSSR count). The molecule has 1 aromatic carbocycles. The van der Waals surface area contributed by atoms with Gasteiger partial charge in [-0.15, -0.1) is 0 Å². The molecule has 0 amide bonds. The Kier molecular flexibility index (Phi) is 3.47. The van der Waals surface area contributed by atoms with Gasteiger partial charge in [-0.1, -0.05) is 28.1 Å². The lowest BCUT2D eigenvalue weighted by Gasteiger charge is -2.11. The van der Waals surface area contributed by atoms with E-state index in [1.54, 1.807) is 0 Å². The van der Waals surface area contributed by atoms with E-state index in [4.69, 9.17) is 5.73 Å². The molecule has 1 atom stereocenters. The number of hydrogen-bond donors (Lipinski definition) is 2. The van der Waals surface area contributed by atoms with Gasteiger partial charge in [-0.2, -0.15) is 0 Å². The molecule has 3 N–H and O–H groups in total. The normalized spacial score (nSPS) is 13.0. The molecule has 0 unspecified atom stereocenters. The van der Waals surface area contributed by atoms with Gasteiger partial charge in [-0.05, 0) is 30.5 Å². The monoisotopic (exact) mass is 243 g/mol. The number of nitrogens with two attached hydrogens (primary N) is 1. The summed E-state index contributed by atoms with van der Waals surface area (Å²) in [5.41, 5.74) is 8.52. The maximum atomic E-state index is 9.53. The van der Waals surface area contributed by atoms with E-state index < -0.39 is 6.10 Å². The van der Waals surface area contributed by atoms with Crippen LogP contribution in [0.4, 0.5) is 0 Å². The van der Waals surface area contributed by atoms with Gasteiger partial charge in [0.25, 0.3) is 0 Å². The Hall–Kier alpha value is -0.380. The predicted octanol–water partition coefficient (Wildman–Crippen LogP) is 2.06. The Morgan fingerprint density at radius 1 is 1.38 bits per heavy atom. The first-order valence-electron chi connectivity index (χ1n) is 4.21. The first-order chi connectivity index (χ1) is 6.06. The SMILES string of the molecule is Cc1cc([C@@H](O)CN)cc(C)c1Br. The lowest BCUT2D eigenvalue weighted by atomic mass is 10.0. The molecule has 72 valence electrons. The van der Waals surface area contributed by atoms with Crippen LogP contribution >= 0.6 is 15.9 Å². The number of benzene rings is 1. The van der Waals surface area contributed by atoms with Crippen LogP contribution in [0.3, 0.4) is 0 Å². The van der Waals surface area contributed by atoms with Gasteiger partial charge in [0.05, 0.1) is 6.10 Å². The van der Waals surface area contributed by atoms with Gasteiger partial charge in [0.2, 0.25) is 0 Å². The van der Waals surface area contributed by atoms with Crippen molar-refractivity contribution in [2.45, 2.75) is 20.0 Å². The Morgan fingerprint density at radius 2 is 1.85 bits per heavy atom. The van der Waals surface area contributed by atoms with E-state index in [1.807, 2.05) is 26.0 Å². The average Bonchev–Trinajstić information content (AvgIpc) is 2.12. The number of halogens is 1. The summed E-state index contributed by atoms with van der Waals surface area (Å²) >= 11 is 3.47. The maximum absolute atomic E-state index is 9.53. The van der Waals surface area contributed by atoms with Crippen LogP contribution < -0.4 is 5.73 Å². The highest BCUT2D eigenvalue weighted by Gasteiger charge is 2.08. The first kappa shape index (κ1) is 10.7. The molecule has 0 aromatic heterocycles. The molecule has 3 heteroatoms. The second-order valence-corrected chi connectivity index (χ2v) is 4.01. The van der Waals surface area contributed by atoms with E-state index in [0.29, 0.717) is 0 Å². The molecule has 2 nitrogen and oxygen atoms in total. The summed E-state index contributed by atoms with van der Waals surface area (Å²) in [6, 6.07) is 3.91. The lowest BCUT2D eigenvalue weighted by molar-refractivity contribution is 0.186. The van der Waals surface area contributed by atoms with Crippen LogP contribution in [0.5, 0.6) is 0 Å². The van der Waals surface area contributed by atoms with Crippen LogP contribution in [0.1, 0.15) is 22.8 Å². The summed E-state index contributed by atoms with van der Waals surface area (Å²) in [7, 11) is 0. The molecule has 0 bridgehead atoms. The fourth-order valence-corrected chi connectivity index (χ4v) is 1.54. The van der Waals surface area contributed by atoms with Crippen molar-refractivity contribution in [3.05, 3.63) is 33.3 Å². The highest BCUT2D eigenvalue weighted by molar-refractivity contribution is 9.10. The molecule has 0 aliphatic carbocycles. The van der Waals surface area contributed by atoms with Gasteiger partial charge in [-0.25, -0.2) is 0 Å². The zero-order chi connectivity index (χ0) is 10.0. The van der Waals surface area contributed by atoms with Crippen molar-refractivity contribution >= 4 is 15.9 Å². The van der Waals surface area contributed by atoms with Crippen molar-refractivity contribution < 1.29 is 5.11 Å². The zero-order valence-corrected chi connectivity index (χ0v) is 9.43. The second-order valence-electron chi connectivity index (χ2n) is 3.22. The molecule has 1 aromatic rings. The van der Waals surface area contributed by atoms with E-state index in [-0.39, 0.29) is 6.54 Å². The number of aryl methyl sites for hydroxylation is 2. The summed E-state index contributed by atoms with van der Waals surface area (Å²) < 4.78 is 1.10. The topological polar surface area (TPSA) is 46.2 Å². The molecular weight excluding hydrogens is 230 g/mol. The highest BCUT2D eigenvalue weighted by atomic mass is 79.9.